The number of ether oxygens (including phenoxy) is 6. The molecule has 0 spiro atoms. The van der Waals surface area contributed by atoms with E-state index >= 15 is 0 Å². The second-order valence-electron chi connectivity index (χ2n) is 15.0. The van der Waals surface area contributed by atoms with Crippen LogP contribution in [0.5, 0.6) is 0 Å². The molecule has 6 fully saturated rings. The molecule has 2 unspecified atom stereocenters. The van der Waals surface area contributed by atoms with Crippen LogP contribution in [-0.2, 0) is 28.4 Å². The van der Waals surface area contributed by atoms with E-state index in [1.807, 2.05) is 0 Å². The predicted octanol–water partition coefficient (Wildman–Crippen LogP) is 2.46. The van der Waals surface area contributed by atoms with E-state index < -0.39 is 72.0 Å². The van der Waals surface area contributed by atoms with Crippen molar-refractivity contribution in [3.05, 3.63) is 35.4 Å². The highest BCUT2D eigenvalue weighted by Gasteiger charge is 2.58. The van der Waals surface area contributed by atoms with Crippen molar-refractivity contribution in [1.82, 2.24) is 0 Å². The number of hydrogen-bond donors (Lipinski definition) is 4. The van der Waals surface area contributed by atoms with Crippen molar-refractivity contribution in [2.75, 3.05) is 26.4 Å². The van der Waals surface area contributed by atoms with Crippen LogP contribution in [0.4, 0.5) is 0 Å². The zero-order valence-corrected chi connectivity index (χ0v) is 27.5. The summed E-state index contributed by atoms with van der Waals surface area (Å²) < 4.78 is 35.3. The van der Waals surface area contributed by atoms with Crippen molar-refractivity contribution < 1.29 is 58.4 Å². The predicted molar refractivity (Wildman–Crippen MR) is 168 cm³/mol. The van der Waals surface area contributed by atoms with E-state index in [0.29, 0.717) is 0 Å². The van der Waals surface area contributed by atoms with Crippen LogP contribution >= 0.6 is 0 Å². The van der Waals surface area contributed by atoms with Crippen molar-refractivity contribution in [3.8, 4) is 0 Å². The molecule has 12 nitrogen and oxygen atoms in total. The highest BCUT2D eigenvalue weighted by atomic mass is 16.6. The zero-order chi connectivity index (χ0) is 33.5. The van der Waals surface area contributed by atoms with Crippen LogP contribution < -0.4 is 0 Å². The Bertz CT molecular complexity index is 1200. The minimum atomic E-state index is -1.43. The van der Waals surface area contributed by atoms with Gasteiger partial charge in [-0.1, -0.05) is 50.7 Å². The third-order valence-electron chi connectivity index (χ3n) is 11.7. The molecule has 6 aliphatic rings. The number of esters is 2. The number of benzene rings is 1. The fraction of sp³-hybridized carbons (Fsp3) is 0.778. The van der Waals surface area contributed by atoms with Crippen LogP contribution in [0.25, 0.3) is 0 Å². The molecular weight excluding hydrogens is 624 g/mol. The van der Waals surface area contributed by atoms with E-state index in [9.17, 15) is 30.0 Å². The second kappa shape index (κ2) is 14.2. The largest absolute Gasteiger partial charge is 0.458 e. The summed E-state index contributed by atoms with van der Waals surface area (Å²) in [7, 11) is 0. The molecule has 10 atom stereocenters. The van der Waals surface area contributed by atoms with Crippen LogP contribution in [0.1, 0.15) is 97.8 Å². The average Bonchev–Trinajstić information content (AvgIpc) is 3.85. The van der Waals surface area contributed by atoms with Gasteiger partial charge in [0, 0.05) is 12.8 Å². The lowest BCUT2D eigenvalue weighted by Crippen LogP contribution is -2.48. The summed E-state index contributed by atoms with van der Waals surface area (Å²) in [6.45, 7) is 0.0796. The van der Waals surface area contributed by atoms with Crippen LogP contribution in [0.3, 0.4) is 0 Å². The summed E-state index contributed by atoms with van der Waals surface area (Å²) >= 11 is 0. The second-order valence-corrected chi connectivity index (χ2v) is 15.0. The van der Waals surface area contributed by atoms with E-state index in [1.165, 1.54) is 0 Å². The van der Waals surface area contributed by atoms with E-state index in [-0.39, 0.29) is 62.2 Å². The topological polar surface area (TPSA) is 170 Å². The number of aliphatic hydroxyl groups is 4. The molecule has 1 aromatic rings. The molecule has 0 aromatic heterocycles. The Morgan fingerprint density at radius 3 is 1.46 bits per heavy atom. The zero-order valence-electron chi connectivity index (χ0n) is 27.5. The summed E-state index contributed by atoms with van der Waals surface area (Å²) in [6, 6.07) is 6.42. The monoisotopic (exact) mass is 674 g/mol. The summed E-state index contributed by atoms with van der Waals surface area (Å²) in [6.07, 6.45) is 4.04. The van der Waals surface area contributed by atoms with Gasteiger partial charge in [0.2, 0.25) is 0 Å². The van der Waals surface area contributed by atoms with Gasteiger partial charge in [-0.25, -0.2) is 9.59 Å². The van der Waals surface area contributed by atoms with Crippen LogP contribution in [-0.4, -0.2) is 119 Å². The first kappa shape index (κ1) is 34.3. The Labute approximate surface area is 281 Å². The van der Waals surface area contributed by atoms with Crippen LogP contribution in [0, 0.1) is 11.8 Å². The highest BCUT2D eigenvalue weighted by Crippen LogP contribution is 2.42. The van der Waals surface area contributed by atoms with Crippen molar-refractivity contribution in [2.24, 2.45) is 11.8 Å². The minimum absolute atomic E-state index is 0.0152. The maximum atomic E-state index is 13.9. The van der Waals surface area contributed by atoms with E-state index in [2.05, 4.69) is 0 Å². The fourth-order valence-electron chi connectivity index (χ4n) is 9.06. The maximum absolute atomic E-state index is 13.9. The molecule has 266 valence electrons. The Morgan fingerprint density at radius 1 is 0.667 bits per heavy atom. The quantitative estimate of drug-likeness (QED) is 0.268. The van der Waals surface area contributed by atoms with Gasteiger partial charge in [-0.15, -0.1) is 0 Å². The number of carbonyl (C=O) groups excluding carboxylic acids is 2. The molecular formula is C36H50O12. The van der Waals surface area contributed by atoms with E-state index in [1.54, 1.807) is 24.3 Å². The molecule has 2 aliphatic carbocycles. The van der Waals surface area contributed by atoms with Crippen molar-refractivity contribution in [3.63, 3.8) is 0 Å². The molecule has 0 radical (unpaired) electrons. The Morgan fingerprint density at radius 2 is 1.06 bits per heavy atom. The van der Waals surface area contributed by atoms with Crippen molar-refractivity contribution in [2.45, 2.75) is 137 Å². The third-order valence-corrected chi connectivity index (χ3v) is 11.7. The molecule has 0 bridgehead atoms. The lowest BCUT2D eigenvalue weighted by molar-refractivity contribution is -0.104. The molecule has 4 aliphatic heterocycles. The van der Waals surface area contributed by atoms with Gasteiger partial charge in [0.05, 0.1) is 37.6 Å². The van der Waals surface area contributed by atoms with E-state index in [0.717, 1.165) is 64.2 Å². The first-order valence-corrected chi connectivity index (χ1v) is 17.9. The van der Waals surface area contributed by atoms with E-state index in [4.69, 9.17) is 28.4 Å². The molecule has 4 N–H and O–H groups in total. The number of rotatable bonds is 10. The summed E-state index contributed by atoms with van der Waals surface area (Å²) in [5.41, 5.74) is -2.73. The maximum Gasteiger partial charge on any atom is 0.339 e. The summed E-state index contributed by atoms with van der Waals surface area (Å²) in [4.78, 5) is 27.9. The van der Waals surface area contributed by atoms with Crippen LogP contribution in [0.2, 0.25) is 0 Å². The Kier molecular flexibility index (Phi) is 10.2. The SMILES string of the molecule is O=C(OC(C[C@@]1(O)CO[C@@H]2[C@H](O)CO[C@@H]21)C1CCCCC1)c1ccccc1C(=O)OC(C[C@@]1(O)CO[C@@H]2[C@H](O)CO[C@@H]21)C1CCCCC1. The molecule has 1 aromatic carbocycles. The van der Waals surface area contributed by atoms with Gasteiger partial charge < -0.3 is 48.8 Å². The van der Waals surface area contributed by atoms with Gasteiger partial charge >= 0.3 is 11.9 Å². The standard InChI is InChI=1S/C36H50O12/c37-25-17-43-31-29(25)45-19-35(31,41)15-27(21-9-3-1-4-10-21)47-33(39)23-13-7-8-14-24(23)34(40)48-28(22-11-5-2-6-12-22)16-36(42)20-46-30-26(38)18-44-32(30)36/h7-8,13-14,21-22,25-32,37-38,41-42H,1-6,9-12,15-20H2/t25-,26-,27?,28?,29-,30-,31+,32+,35-,36-/m1/s1. The number of carbonyl (C=O) groups is 2. The fourth-order valence-corrected chi connectivity index (χ4v) is 9.06. The lowest BCUT2D eigenvalue weighted by atomic mass is 9.79. The van der Waals surface area contributed by atoms with Gasteiger partial charge in [-0.2, -0.15) is 0 Å². The van der Waals surface area contributed by atoms with Gasteiger partial charge in [-0.05, 0) is 49.7 Å². The van der Waals surface area contributed by atoms with Gasteiger partial charge in [0.25, 0.3) is 0 Å². The van der Waals surface area contributed by atoms with Gasteiger partial charge in [-0.3, -0.25) is 0 Å². The molecule has 2 saturated carbocycles. The first-order valence-electron chi connectivity index (χ1n) is 17.9. The summed E-state index contributed by atoms with van der Waals surface area (Å²) in [5.74, 6) is -1.33. The normalized spacial score (nSPS) is 38.3. The van der Waals surface area contributed by atoms with Gasteiger partial charge in [0.15, 0.2) is 0 Å². The molecule has 48 heavy (non-hydrogen) atoms. The number of fused-ring (bicyclic) bond motifs is 2. The molecule has 4 saturated heterocycles. The smallest absolute Gasteiger partial charge is 0.339 e. The lowest BCUT2D eigenvalue weighted by Gasteiger charge is -2.36. The molecule has 7 rings (SSSR count). The number of hydrogen-bond acceptors (Lipinski definition) is 12. The molecule has 4 heterocycles. The first-order chi connectivity index (χ1) is 23.1. The van der Waals surface area contributed by atoms with Crippen molar-refractivity contribution in [1.29, 1.82) is 0 Å². The minimum Gasteiger partial charge on any atom is -0.458 e. The van der Waals surface area contributed by atoms with Crippen molar-refractivity contribution >= 4 is 11.9 Å². The Balaban J connectivity index is 1.09. The Hall–Kier alpha value is -2.16. The third kappa shape index (κ3) is 6.79. The summed E-state index contributed by atoms with van der Waals surface area (Å²) in [5, 5.41) is 43.8. The van der Waals surface area contributed by atoms with Gasteiger partial charge in [0.1, 0.15) is 60.0 Å². The molecule has 0 amide bonds. The average molecular weight is 675 g/mol. The number of aliphatic hydroxyl groups excluding tert-OH is 2. The molecule has 12 heteroatoms. The van der Waals surface area contributed by atoms with Crippen LogP contribution in [0.15, 0.2) is 24.3 Å². The highest BCUT2D eigenvalue weighted by molar-refractivity contribution is 6.03.